The van der Waals surface area contributed by atoms with Gasteiger partial charge in [0, 0.05) is 6.04 Å². The van der Waals surface area contributed by atoms with Gasteiger partial charge in [-0.1, -0.05) is 13.8 Å². The van der Waals surface area contributed by atoms with E-state index in [4.69, 9.17) is 5.73 Å². The molecule has 0 heterocycles. The monoisotopic (exact) mass is 157 g/mol. The molecule has 0 aromatic heterocycles. The van der Waals surface area contributed by atoms with E-state index in [0.29, 0.717) is 0 Å². The SMILES string of the molecule is CC1(C)C[C@@H](N)C[C@](C)(O)C1. The van der Waals surface area contributed by atoms with E-state index in [1.807, 2.05) is 6.92 Å². The van der Waals surface area contributed by atoms with E-state index < -0.39 is 5.60 Å². The highest BCUT2D eigenvalue weighted by atomic mass is 16.3. The lowest BCUT2D eigenvalue weighted by Gasteiger charge is -2.42. The van der Waals surface area contributed by atoms with Gasteiger partial charge in [0.05, 0.1) is 5.60 Å². The third-order valence-corrected chi connectivity index (χ3v) is 2.38. The minimum atomic E-state index is -0.541. The van der Waals surface area contributed by atoms with Crippen LogP contribution in [0.5, 0.6) is 0 Å². The predicted molar refractivity (Wildman–Crippen MR) is 46.2 cm³/mol. The molecule has 0 bridgehead atoms. The molecule has 0 aliphatic heterocycles. The summed E-state index contributed by atoms with van der Waals surface area (Å²) in [6, 6.07) is 0.175. The molecule has 2 heteroatoms. The first-order chi connectivity index (χ1) is 4.81. The van der Waals surface area contributed by atoms with E-state index in [1.165, 1.54) is 0 Å². The Labute approximate surface area is 68.8 Å². The predicted octanol–water partition coefficient (Wildman–Crippen LogP) is 1.27. The molecule has 66 valence electrons. The summed E-state index contributed by atoms with van der Waals surface area (Å²) < 4.78 is 0. The first-order valence-corrected chi connectivity index (χ1v) is 4.29. The maximum absolute atomic E-state index is 9.80. The van der Waals surface area contributed by atoms with Gasteiger partial charge in [-0.15, -0.1) is 0 Å². The van der Waals surface area contributed by atoms with Gasteiger partial charge in [-0.05, 0) is 31.6 Å². The Morgan fingerprint density at radius 2 is 1.82 bits per heavy atom. The van der Waals surface area contributed by atoms with Gasteiger partial charge in [0.15, 0.2) is 0 Å². The van der Waals surface area contributed by atoms with Crippen LogP contribution in [0.2, 0.25) is 0 Å². The number of nitrogens with two attached hydrogens (primary N) is 1. The molecular weight excluding hydrogens is 138 g/mol. The summed E-state index contributed by atoms with van der Waals surface area (Å²) in [4.78, 5) is 0. The quantitative estimate of drug-likeness (QED) is 0.556. The van der Waals surface area contributed by atoms with Gasteiger partial charge < -0.3 is 10.8 Å². The van der Waals surface area contributed by atoms with Gasteiger partial charge in [0.2, 0.25) is 0 Å². The summed E-state index contributed by atoms with van der Waals surface area (Å²) in [6.07, 6.45) is 2.65. The van der Waals surface area contributed by atoms with Crippen LogP contribution >= 0.6 is 0 Å². The third-order valence-electron chi connectivity index (χ3n) is 2.38. The van der Waals surface area contributed by atoms with Gasteiger partial charge in [-0.3, -0.25) is 0 Å². The molecule has 0 amide bonds. The molecule has 0 spiro atoms. The molecule has 2 nitrogen and oxygen atoms in total. The topological polar surface area (TPSA) is 46.2 Å². The highest BCUT2D eigenvalue weighted by molar-refractivity contribution is 4.92. The van der Waals surface area contributed by atoms with Crippen LogP contribution in [-0.2, 0) is 0 Å². The van der Waals surface area contributed by atoms with E-state index >= 15 is 0 Å². The van der Waals surface area contributed by atoms with E-state index in [-0.39, 0.29) is 11.5 Å². The average Bonchev–Trinajstić information content (AvgIpc) is 1.49. The summed E-state index contributed by atoms with van der Waals surface area (Å²) in [5.74, 6) is 0. The van der Waals surface area contributed by atoms with Crippen LogP contribution in [0.15, 0.2) is 0 Å². The number of aliphatic hydroxyl groups is 1. The zero-order chi connectivity index (χ0) is 8.70. The zero-order valence-electron chi connectivity index (χ0n) is 7.72. The number of hydrogen-bond donors (Lipinski definition) is 2. The first kappa shape index (κ1) is 9.01. The number of hydrogen-bond acceptors (Lipinski definition) is 2. The Balaban J connectivity index is 2.66. The molecule has 3 N–H and O–H groups in total. The lowest BCUT2D eigenvalue weighted by molar-refractivity contribution is -0.0308. The van der Waals surface area contributed by atoms with Crippen LogP contribution in [0.3, 0.4) is 0 Å². The third kappa shape index (κ3) is 2.46. The van der Waals surface area contributed by atoms with Crippen LogP contribution in [-0.4, -0.2) is 16.7 Å². The average molecular weight is 157 g/mol. The van der Waals surface area contributed by atoms with E-state index in [1.54, 1.807) is 0 Å². The second-order valence-corrected chi connectivity index (χ2v) is 5.01. The fourth-order valence-electron chi connectivity index (χ4n) is 2.52. The summed E-state index contributed by atoms with van der Waals surface area (Å²) >= 11 is 0. The van der Waals surface area contributed by atoms with Crippen molar-refractivity contribution in [2.75, 3.05) is 0 Å². The highest BCUT2D eigenvalue weighted by Gasteiger charge is 2.38. The maximum atomic E-state index is 9.80. The molecule has 0 aromatic carbocycles. The van der Waals surface area contributed by atoms with Crippen molar-refractivity contribution in [2.24, 2.45) is 11.1 Å². The van der Waals surface area contributed by atoms with E-state index in [2.05, 4.69) is 13.8 Å². The van der Waals surface area contributed by atoms with Crippen LogP contribution in [0.1, 0.15) is 40.0 Å². The van der Waals surface area contributed by atoms with Crippen molar-refractivity contribution in [3.63, 3.8) is 0 Å². The molecule has 1 saturated carbocycles. The van der Waals surface area contributed by atoms with Crippen molar-refractivity contribution in [2.45, 2.75) is 51.7 Å². The van der Waals surface area contributed by atoms with Crippen molar-refractivity contribution in [3.05, 3.63) is 0 Å². The van der Waals surface area contributed by atoms with Crippen LogP contribution < -0.4 is 5.73 Å². The van der Waals surface area contributed by atoms with Crippen LogP contribution in [0.4, 0.5) is 0 Å². The molecule has 0 unspecified atom stereocenters. The first-order valence-electron chi connectivity index (χ1n) is 4.29. The molecule has 11 heavy (non-hydrogen) atoms. The molecule has 2 atom stereocenters. The Hall–Kier alpha value is -0.0800. The lowest BCUT2D eigenvalue weighted by atomic mass is 9.69. The van der Waals surface area contributed by atoms with E-state index in [0.717, 1.165) is 19.3 Å². The Morgan fingerprint density at radius 3 is 2.18 bits per heavy atom. The molecule has 0 radical (unpaired) electrons. The summed E-state index contributed by atoms with van der Waals surface area (Å²) in [6.45, 7) is 6.22. The maximum Gasteiger partial charge on any atom is 0.0639 e. The van der Waals surface area contributed by atoms with Crippen LogP contribution in [0, 0.1) is 5.41 Å². The number of rotatable bonds is 0. The Bertz CT molecular complexity index is 136. The van der Waals surface area contributed by atoms with Crippen molar-refractivity contribution in [3.8, 4) is 0 Å². The molecule has 0 saturated heterocycles. The van der Waals surface area contributed by atoms with Crippen molar-refractivity contribution < 1.29 is 5.11 Å². The van der Waals surface area contributed by atoms with Crippen LogP contribution in [0.25, 0.3) is 0 Å². The van der Waals surface area contributed by atoms with Crippen molar-refractivity contribution >= 4 is 0 Å². The second-order valence-electron chi connectivity index (χ2n) is 5.01. The smallest absolute Gasteiger partial charge is 0.0639 e. The van der Waals surface area contributed by atoms with Gasteiger partial charge in [0.25, 0.3) is 0 Å². The second kappa shape index (κ2) is 2.46. The highest BCUT2D eigenvalue weighted by Crippen LogP contribution is 2.39. The summed E-state index contributed by atoms with van der Waals surface area (Å²) in [5, 5.41) is 9.80. The molecule has 1 rings (SSSR count). The molecular formula is C9H19NO. The summed E-state index contributed by atoms with van der Waals surface area (Å²) in [5.41, 5.74) is 5.49. The summed E-state index contributed by atoms with van der Waals surface area (Å²) in [7, 11) is 0. The molecule has 1 fully saturated rings. The fourth-order valence-corrected chi connectivity index (χ4v) is 2.52. The van der Waals surface area contributed by atoms with Gasteiger partial charge in [0.1, 0.15) is 0 Å². The van der Waals surface area contributed by atoms with Gasteiger partial charge in [-0.2, -0.15) is 0 Å². The largest absolute Gasteiger partial charge is 0.390 e. The van der Waals surface area contributed by atoms with Crippen molar-refractivity contribution in [1.82, 2.24) is 0 Å². The van der Waals surface area contributed by atoms with Gasteiger partial charge >= 0.3 is 0 Å². The van der Waals surface area contributed by atoms with E-state index in [9.17, 15) is 5.11 Å². The molecule has 1 aliphatic rings. The normalized spacial score (nSPS) is 43.9. The Kier molecular flexibility index (Phi) is 2.01. The minimum Gasteiger partial charge on any atom is -0.390 e. The Morgan fingerprint density at radius 1 is 1.27 bits per heavy atom. The lowest BCUT2D eigenvalue weighted by Crippen LogP contribution is -2.45. The molecule has 0 aromatic rings. The van der Waals surface area contributed by atoms with Crippen molar-refractivity contribution in [1.29, 1.82) is 0 Å². The fraction of sp³-hybridized carbons (Fsp3) is 1.00. The van der Waals surface area contributed by atoms with Gasteiger partial charge in [-0.25, -0.2) is 0 Å². The standard InChI is InChI=1S/C9H19NO/c1-8(2)4-7(10)5-9(3,11)6-8/h7,11H,4-6,10H2,1-3H3/t7-,9+/m1/s1. The zero-order valence-corrected chi connectivity index (χ0v) is 7.72. The molecule has 1 aliphatic carbocycles. The minimum absolute atomic E-state index is 0.175.